The zero-order valence-corrected chi connectivity index (χ0v) is 27.9. The van der Waals surface area contributed by atoms with Crippen LogP contribution in [0.25, 0.3) is 0 Å². The lowest BCUT2D eigenvalue weighted by molar-refractivity contribution is 0.348. The molecule has 2 aliphatic heterocycles. The molecule has 0 saturated carbocycles. The summed E-state index contributed by atoms with van der Waals surface area (Å²) >= 11 is 10.7. The van der Waals surface area contributed by atoms with Gasteiger partial charge in [0.2, 0.25) is 0 Å². The number of rotatable bonds is 6. The average Bonchev–Trinajstić information content (AvgIpc) is 2.95. The molecule has 0 radical (unpaired) electrons. The van der Waals surface area contributed by atoms with E-state index in [4.69, 9.17) is 26.7 Å². The summed E-state index contributed by atoms with van der Waals surface area (Å²) in [4.78, 5) is 11.6. The summed E-state index contributed by atoms with van der Waals surface area (Å²) in [5, 5.41) is 5.44. The Hall–Kier alpha value is -1.88. The van der Waals surface area contributed by atoms with Gasteiger partial charge in [0.15, 0.2) is 10.3 Å². The number of benzene rings is 2. The molecule has 1 saturated heterocycles. The van der Waals surface area contributed by atoms with Gasteiger partial charge in [0.1, 0.15) is 15.8 Å². The van der Waals surface area contributed by atoms with Crippen LogP contribution >= 0.6 is 47.5 Å². The molecule has 1 N–H and O–H groups in total. The molecule has 10 heteroatoms. The molecule has 2 heterocycles. The highest BCUT2D eigenvalue weighted by Gasteiger charge is 2.32. The van der Waals surface area contributed by atoms with E-state index in [9.17, 15) is 0 Å². The van der Waals surface area contributed by atoms with Crippen molar-refractivity contribution in [2.75, 3.05) is 45.1 Å². The first-order valence-electron chi connectivity index (χ1n) is 13.2. The second-order valence-electron chi connectivity index (χ2n) is 11.2. The predicted octanol–water partition coefficient (Wildman–Crippen LogP) is 7.19. The number of thioether (sulfide) groups is 3. The third-order valence-corrected chi connectivity index (χ3v) is 10.6. The average molecular weight is 619 g/mol. The van der Waals surface area contributed by atoms with Crippen molar-refractivity contribution >= 4 is 62.2 Å². The van der Waals surface area contributed by atoms with Gasteiger partial charge in [-0.3, -0.25) is 9.98 Å². The van der Waals surface area contributed by atoms with Crippen LogP contribution in [0.2, 0.25) is 0 Å². The third kappa shape index (κ3) is 9.89. The first-order valence-corrected chi connectivity index (χ1v) is 16.9. The maximum Gasteiger partial charge on any atom is 0.165 e. The molecule has 0 aliphatic carbocycles. The fraction of sp³-hybridized carbons (Fsp3) is 0.500. The van der Waals surface area contributed by atoms with Gasteiger partial charge in [-0.25, -0.2) is 0 Å². The lowest BCUT2D eigenvalue weighted by Gasteiger charge is -2.39. The maximum atomic E-state index is 5.50. The Morgan fingerprint density at radius 2 is 1.57 bits per heavy atom. The zero-order chi connectivity index (χ0) is 29.2. The zero-order valence-electron chi connectivity index (χ0n) is 24.7. The molecule has 0 amide bonds. The minimum absolute atomic E-state index is 0.244. The van der Waals surface area contributed by atoms with Crippen LogP contribution < -0.4 is 14.8 Å². The van der Waals surface area contributed by atoms with Crippen LogP contribution in [0.1, 0.15) is 38.8 Å². The van der Waals surface area contributed by atoms with E-state index in [0.717, 1.165) is 68.4 Å². The summed E-state index contributed by atoms with van der Waals surface area (Å²) in [7, 11) is 3.40. The molecule has 0 atom stereocenters. The van der Waals surface area contributed by atoms with Gasteiger partial charge in [-0.1, -0.05) is 112 Å². The number of hydrogen-bond donors (Lipinski definition) is 1. The van der Waals surface area contributed by atoms with Crippen molar-refractivity contribution in [3.63, 3.8) is 0 Å². The minimum atomic E-state index is 0.244. The Morgan fingerprint density at radius 3 is 2.17 bits per heavy atom. The Kier molecular flexibility index (Phi) is 12.5. The topological polar surface area (TPSA) is 58.5 Å². The number of hydrogen-bond acceptors (Lipinski definition) is 9. The lowest BCUT2D eigenvalue weighted by atomic mass is 9.96. The van der Waals surface area contributed by atoms with Crippen LogP contribution in [-0.2, 0) is 13.1 Å². The second kappa shape index (κ2) is 15.4. The summed E-state index contributed by atoms with van der Waals surface area (Å²) in [5.74, 6) is 3.98. The molecule has 40 heavy (non-hydrogen) atoms. The van der Waals surface area contributed by atoms with E-state index in [2.05, 4.69) is 55.0 Å². The van der Waals surface area contributed by atoms with Crippen molar-refractivity contribution in [2.45, 2.75) is 40.8 Å². The Balaban J connectivity index is 0.000000225. The third-order valence-electron chi connectivity index (χ3n) is 6.25. The van der Waals surface area contributed by atoms with Gasteiger partial charge in [0, 0.05) is 42.3 Å². The van der Waals surface area contributed by atoms with Crippen molar-refractivity contribution in [3.05, 3.63) is 59.7 Å². The normalized spacial score (nSPS) is 18.7. The van der Waals surface area contributed by atoms with Gasteiger partial charge in [0.05, 0.1) is 20.8 Å². The molecule has 0 spiro atoms. The summed E-state index contributed by atoms with van der Waals surface area (Å²) in [6.45, 7) is 12.2. The molecule has 0 unspecified atom stereocenters. The van der Waals surface area contributed by atoms with Crippen molar-refractivity contribution in [1.82, 2.24) is 10.2 Å². The maximum absolute atomic E-state index is 5.50. The number of methoxy groups -OCH3 is 2. The van der Waals surface area contributed by atoms with Crippen molar-refractivity contribution in [3.8, 4) is 11.5 Å². The fourth-order valence-corrected chi connectivity index (χ4v) is 6.68. The predicted molar refractivity (Wildman–Crippen MR) is 182 cm³/mol. The highest BCUT2D eigenvalue weighted by atomic mass is 32.2. The monoisotopic (exact) mass is 618 g/mol. The van der Waals surface area contributed by atoms with Gasteiger partial charge in [0.25, 0.3) is 0 Å². The van der Waals surface area contributed by atoms with Crippen LogP contribution in [0, 0.1) is 10.8 Å². The van der Waals surface area contributed by atoms with Crippen LogP contribution in [0.15, 0.2) is 58.5 Å². The fourth-order valence-electron chi connectivity index (χ4n) is 4.02. The van der Waals surface area contributed by atoms with E-state index in [1.807, 2.05) is 42.7 Å². The van der Waals surface area contributed by atoms with E-state index in [1.54, 1.807) is 49.5 Å². The van der Waals surface area contributed by atoms with Gasteiger partial charge >= 0.3 is 0 Å². The molecule has 0 bridgehead atoms. The van der Waals surface area contributed by atoms with Crippen LogP contribution in [0.5, 0.6) is 11.5 Å². The van der Waals surface area contributed by atoms with E-state index in [-0.39, 0.29) is 5.41 Å². The summed E-state index contributed by atoms with van der Waals surface area (Å²) in [5.41, 5.74) is 2.82. The molecular formula is C30H42N4O2S4. The molecule has 0 aromatic heterocycles. The first-order chi connectivity index (χ1) is 19.1. The van der Waals surface area contributed by atoms with Gasteiger partial charge in [-0.2, -0.15) is 0 Å². The number of thiocarbonyl (C=S) groups is 1. The number of aliphatic imine (C=N–C) groups is 2. The number of nitrogens with one attached hydrogen (secondary N) is 1. The lowest BCUT2D eigenvalue weighted by Crippen LogP contribution is -2.45. The number of amidine groups is 2. The standard InChI is InChI=1S/C16H22N2OS3.C14H20N2OS/c1-16(2)10-18(15(20)21-4)14(22-11-16)17-9-12-7-5-6-8-13(12)19-3;1-14(2)9-16-13(18-10-14)15-8-11-6-4-5-7-12(11)17-3/h5-8H,9-11H2,1-4H3;4-7H,8-10H2,1-3H3,(H,15,16). The smallest absolute Gasteiger partial charge is 0.165 e. The van der Waals surface area contributed by atoms with Gasteiger partial charge < -0.3 is 19.7 Å². The number of para-hydroxylation sites is 2. The summed E-state index contributed by atoms with van der Waals surface area (Å²) < 4.78 is 11.6. The molecule has 4 rings (SSSR count). The number of ether oxygens (including phenoxy) is 2. The molecular weight excluding hydrogens is 577 g/mol. The van der Waals surface area contributed by atoms with E-state index >= 15 is 0 Å². The Morgan fingerprint density at radius 1 is 0.975 bits per heavy atom. The highest BCUT2D eigenvalue weighted by molar-refractivity contribution is 8.23. The van der Waals surface area contributed by atoms with Crippen LogP contribution in [0.4, 0.5) is 0 Å². The van der Waals surface area contributed by atoms with E-state index < -0.39 is 0 Å². The second-order valence-corrected chi connectivity index (χ2v) is 14.5. The van der Waals surface area contributed by atoms with Crippen molar-refractivity contribution in [2.24, 2.45) is 20.8 Å². The molecule has 6 nitrogen and oxygen atoms in total. The highest BCUT2D eigenvalue weighted by Crippen LogP contribution is 2.33. The largest absolute Gasteiger partial charge is 0.496 e. The van der Waals surface area contributed by atoms with E-state index in [1.165, 1.54) is 0 Å². The van der Waals surface area contributed by atoms with Crippen molar-refractivity contribution in [1.29, 1.82) is 0 Å². The molecule has 2 aromatic carbocycles. The van der Waals surface area contributed by atoms with E-state index in [0.29, 0.717) is 12.0 Å². The van der Waals surface area contributed by atoms with Crippen LogP contribution in [0.3, 0.4) is 0 Å². The first kappa shape index (κ1) is 32.6. The van der Waals surface area contributed by atoms with Gasteiger partial charge in [-0.05, 0) is 29.2 Å². The summed E-state index contributed by atoms with van der Waals surface area (Å²) in [6, 6.07) is 16.1. The van der Waals surface area contributed by atoms with Crippen molar-refractivity contribution < 1.29 is 9.47 Å². The molecule has 2 aliphatic rings. The SMILES string of the molecule is COc1ccccc1CN=C1SCC(C)(C)CN1C(=S)SC.COc1ccccc1CNC1=NCC(C)(C)CS1. The van der Waals surface area contributed by atoms with Crippen LogP contribution in [-0.4, -0.2) is 64.6 Å². The molecule has 2 aromatic rings. The molecule has 1 fully saturated rings. The quantitative estimate of drug-likeness (QED) is 0.342. The number of nitrogens with zero attached hydrogens (tertiary/aromatic N) is 3. The Bertz CT molecular complexity index is 1200. The van der Waals surface area contributed by atoms with Gasteiger partial charge in [-0.15, -0.1) is 0 Å². The molecule has 218 valence electrons. The summed E-state index contributed by atoms with van der Waals surface area (Å²) in [6.07, 6.45) is 2.02. The Labute approximate surface area is 258 Å². The minimum Gasteiger partial charge on any atom is -0.496 e.